The highest BCUT2D eigenvalue weighted by Gasteiger charge is 2.29. The van der Waals surface area contributed by atoms with Crippen molar-refractivity contribution in [3.63, 3.8) is 0 Å². The molecule has 1 N–H and O–H groups in total. The number of piperidine rings is 1. The monoisotopic (exact) mass is 319 g/mol. The average Bonchev–Trinajstić information content (AvgIpc) is 2.52. The minimum Gasteiger partial charge on any atom is -0.444 e. The lowest BCUT2D eigenvalue weighted by molar-refractivity contribution is -0.126. The Hall–Kier alpha value is -2.11. The number of aromatic nitrogens is 1. The summed E-state index contributed by atoms with van der Waals surface area (Å²) < 4.78 is 5.36. The van der Waals surface area contributed by atoms with Gasteiger partial charge < -0.3 is 15.0 Å². The van der Waals surface area contributed by atoms with Crippen LogP contribution >= 0.6 is 0 Å². The Labute approximate surface area is 137 Å². The van der Waals surface area contributed by atoms with Crippen LogP contribution in [0.25, 0.3) is 0 Å². The number of amides is 2. The Morgan fingerprint density at radius 1 is 1.26 bits per heavy atom. The summed E-state index contributed by atoms with van der Waals surface area (Å²) in [5, 5.41) is 2.95. The van der Waals surface area contributed by atoms with Crippen LogP contribution in [0.4, 0.5) is 4.79 Å². The van der Waals surface area contributed by atoms with Crippen LogP contribution in [0, 0.1) is 5.92 Å². The zero-order valence-electron chi connectivity index (χ0n) is 14.0. The van der Waals surface area contributed by atoms with Gasteiger partial charge in [-0.2, -0.15) is 0 Å². The number of rotatable bonds is 3. The van der Waals surface area contributed by atoms with E-state index in [4.69, 9.17) is 4.74 Å². The first-order chi connectivity index (χ1) is 10.8. The summed E-state index contributed by atoms with van der Waals surface area (Å²) in [4.78, 5) is 29.8. The number of nitrogens with zero attached hydrogens (tertiary/aromatic N) is 2. The van der Waals surface area contributed by atoms with Crippen LogP contribution in [-0.2, 0) is 16.1 Å². The molecule has 0 radical (unpaired) electrons. The summed E-state index contributed by atoms with van der Waals surface area (Å²) in [5.41, 5.74) is 0.537. The third kappa shape index (κ3) is 5.54. The number of pyridine rings is 1. The van der Waals surface area contributed by atoms with Crippen molar-refractivity contribution < 1.29 is 14.3 Å². The second-order valence-corrected chi connectivity index (χ2v) is 6.81. The average molecular weight is 319 g/mol. The van der Waals surface area contributed by atoms with E-state index in [1.54, 1.807) is 17.3 Å². The van der Waals surface area contributed by atoms with Gasteiger partial charge in [-0.25, -0.2) is 4.79 Å². The summed E-state index contributed by atoms with van der Waals surface area (Å²) in [6.45, 7) is 7.18. The molecular weight excluding hydrogens is 294 g/mol. The van der Waals surface area contributed by atoms with E-state index in [9.17, 15) is 9.59 Å². The molecule has 2 rings (SSSR count). The molecule has 6 nitrogen and oxygen atoms in total. The molecule has 0 aromatic carbocycles. The summed E-state index contributed by atoms with van der Waals surface area (Å²) in [7, 11) is 0. The van der Waals surface area contributed by atoms with Crippen LogP contribution < -0.4 is 5.32 Å². The number of carbonyl (C=O) groups excluding carboxylic acids is 2. The SMILES string of the molecule is CC(C)(C)OC(=O)N1CCC(C(=O)NCc2ccncc2)CC1. The molecule has 2 amide bonds. The minimum atomic E-state index is -0.490. The van der Waals surface area contributed by atoms with Crippen molar-refractivity contribution >= 4 is 12.0 Å². The van der Waals surface area contributed by atoms with Crippen LogP contribution in [0.3, 0.4) is 0 Å². The minimum absolute atomic E-state index is 0.0458. The van der Waals surface area contributed by atoms with Crippen molar-refractivity contribution in [3.05, 3.63) is 30.1 Å². The van der Waals surface area contributed by atoms with Gasteiger partial charge >= 0.3 is 6.09 Å². The molecule has 1 aromatic rings. The van der Waals surface area contributed by atoms with E-state index in [-0.39, 0.29) is 17.9 Å². The standard InChI is InChI=1S/C17H25N3O3/c1-17(2,3)23-16(22)20-10-6-14(7-11-20)15(21)19-12-13-4-8-18-9-5-13/h4-5,8-9,14H,6-7,10-12H2,1-3H3,(H,19,21). The van der Waals surface area contributed by atoms with Gasteiger partial charge in [-0.1, -0.05) is 0 Å². The van der Waals surface area contributed by atoms with Gasteiger partial charge in [0.05, 0.1) is 0 Å². The van der Waals surface area contributed by atoms with E-state index in [2.05, 4.69) is 10.3 Å². The largest absolute Gasteiger partial charge is 0.444 e. The van der Waals surface area contributed by atoms with E-state index >= 15 is 0 Å². The lowest BCUT2D eigenvalue weighted by atomic mass is 9.96. The van der Waals surface area contributed by atoms with Crippen LogP contribution in [0.15, 0.2) is 24.5 Å². The molecule has 0 spiro atoms. The number of hydrogen-bond donors (Lipinski definition) is 1. The highest BCUT2D eigenvalue weighted by molar-refractivity contribution is 5.79. The van der Waals surface area contributed by atoms with Gasteiger partial charge in [0.15, 0.2) is 0 Å². The number of ether oxygens (including phenoxy) is 1. The van der Waals surface area contributed by atoms with Crippen molar-refractivity contribution in [2.24, 2.45) is 5.92 Å². The third-order valence-electron chi connectivity index (χ3n) is 3.73. The maximum atomic E-state index is 12.2. The molecule has 2 heterocycles. The van der Waals surface area contributed by atoms with E-state index < -0.39 is 5.60 Å². The number of carbonyl (C=O) groups is 2. The molecule has 1 saturated heterocycles. The van der Waals surface area contributed by atoms with E-state index in [1.807, 2.05) is 32.9 Å². The zero-order chi connectivity index (χ0) is 16.9. The van der Waals surface area contributed by atoms with Crippen molar-refractivity contribution in [1.82, 2.24) is 15.2 Å². The fourth-order valence-electron chi connectivity index (χ4n) is 2.48. The van der Waals surface area contributed by atoms with Gasteiger partial charge in [-0.15, -0.1) is 0 Å². The Balaban J connectivity index is 1.75. The third-order valence-corrected chi connectivity index (χ3v) is 3.73. The highest BCUT2D eigenvalue weighted by atomic mass is 16.6. The first-order valence-electron chi connectivity index (χ1n) is 8.00. The zero-order valence-corrected chi connectivity index (χ0v) is 14.0. The van der Waals surface area contributed by atoms with E-state index in [1.165, 1.54) is 0 Å². The Kier molecular flexibility index (Phi) is 5.58. The predicted molar refractivity (Wildman–Crippen MR) is 86.6 cm³/mol. The second-order valence-electron chi connectivity index (χ2n) is 6.81. The first kappa shape index (κ1) is 17.2. The highest BCUT2D eigenvalue weighted by Crippen LogP contribution is 2.20. The molecule has 1 aromatic heterocycles. The molecule has 6 heteroatoms. The molecule has 1 fully saturated rings. The fraction of sp³-hybridized carbons (Fsp3) is 0.588. The lowest BCUT2D eigenvalue weighted by Crippen LogP contribution is -2.44. The molecule has 126 valence electrons. The predicted octanol–water partition coefficient (Wildman–Crippen LogP) is 2.34. The first-order valence-corrected chi connectivity index (χ1v) is 8.00. The molecule has 1 aliphatic heterocycles. The van der Waals surface area contributed by atoms with Crippen molar-refractivity contribution in [3.8, 4) is 0 Å². The topological polar surface area (TPSA) is 71.5 Å². The Bertz CT molecular complexity index is 532. The smallest absolute Gasteiger partial charge is 0.410 e. The van der Waals surface area contributed by atoms with Crippen LogP contribution in [0.1, 0.15) is 39.2 Å². The lowest BCUT2D eigenvalue weighted by Gasteiger charge is -2.32. The number of hydrogen-bond acceptors (Lipinski definition) is 4. The Morgan fingerprint density at radius 2 is 1.87 bits per heavy atom. The molecule has 0 aliphatic carbocycles. The summed E-state index contributed by atoms with van der Waals surface area (Å²) in [6.07, 6.45) is 4.46. The normalized spacial score (nSPS) is 16.0. The molecule has 1 aliphatic rings. The van der Waals surface area contributed by atoms with Gasteiger partial charge in [-0.3, -0.25) is 9.78 Å². The van der Waals surface area contributed by atoms with E-state index in [0.29, 0.717) is 32.5 Å². The molecular formula is C17H25N3O3. The van der Waals surface area contributed by atoms with Gasteiger partial charge in [0.2, 0.25) is 5.91 Å². The Morgan fingerprint density at radius 3 is 2.43 bits per heavy atom. The summed E-state index contributed by atoms with van der Waals surface area (Å²) in [6, 6.07) is 3.76. The van der Waals surface area contributed by atoms with Crippen molar-refractivity contribution in [2.45, 2.75) is 45.8 Å². The summed E-state index contributed by atoms with van der Waals surface area (Å²) in [5.74, 6) is 0.00109. The van der Waals surface area contributed by atoms with Crippen LogP contribution in [0.2, 0.25) is 0 Å². The maximum absolute atomic E-state index is 12.2. The maximum Gasteiger partial charge on any atom is 0.410 e. The van der Waals surface area contributed by atoms with Crippen LogP contribution in [0.5, 0.6) is 0 Å². The van der Waals surface area contributed by atoms with Crippen molar-refractivity contribution in [2.75, 3.05) is 13.1 Å². The molecule has 23 heavy (non-hydrogen) atoms. The molecule has 0 unspecified atom stereocenters. The van der Waals surface area contributed by atoms with Crippen molar-refractivity contribution in [1.29, 1.82) is 0 Å². The van der Waals surface area contributed by atoms with E-state index in [0.717, 1.165) is 5.56 Å². The molecule has 0 bridgehead atoms. The van der Waals surface area contributed by atoms with Crippen LogP contribution in [-0.4, -0.2) is 40.6 Å². The summed E-state index contributed by atoms with van der Waals surface area (Å²) >= 11 is 0. The second kappa shape index (κ2) is 7.44. The van der Waals surface area contributed by atoms with Gasteiger partial charge in [0, 0.05) is 37.9 Å². The fourth-order valence-corrected chi connectivity index (χ4v) is 2.48. The number of nitrogens with one attached hydrogen (secondary N) is 1. The molecule has 0 saturated carbocycles. The van der Waals surface area contributed by atoms with Gasteiger partial charge in [0.25, 0.3) is 0 Å². The van der Waals surface area contributed by atoms with Gasteiger partial charge in [0.1, 0.15) is 5.60 Å². The number of likely N-dealkylation sites (tertiary alicyclic amines) is 1. The van der Waals surface area contributed by atoms with Gasteiger partial charge in [-0.05, 0) is 51.3 Å². The molecule has 0 atom stereocenters. The quantitative estimate of drug-likeness (QED) is 0.928.